The van der Waals surface area contributed by atoms with E-state index in [9.17, 15) is 35.4 Å². The van der Waals surface area contributed by atoms with E-state index in [1.165, 1.54) is 0 Å². The zero-order chi connectivity index (χ0) is 23.3. The van der Waals surface area contributed by atoms with Crippen LogP contribution in [0.1, 0.15) is 11.1 Å². The Morgan fingerprint density at radius 3 is 1.56 bits per heavy atom. The lowest BCUT2D eigenvalue weighted by Gasteiger charge is -2.30. The van der Waals surface area contributed by atoms with Gasteiger partial charge in [0.2, 0.25) is 5.69 Å². The average Bonchev–Trinajstić information content (AvgIpc) is 2.79. The molecule has 0 saturated carbocycles. The number of benzene rings is 3. The summed E-state index contributed by atoms with van der Waals surface area (Å²) in [5.41, 5.74) is 1.32. The summed E-state index contributed by atoms with van der Waals surface area (Å²) >= 11 is 0. The van der Waals surface area contributed by atoms with E-state index in [2.05, 4.69) is 10.9 Å². The summed E-state index contributed by atoms with van der Waals surface area (Å²) < 4.78 is 0. The monoisotopic (exact) mass is 439 g/mol. The van der Waals surface area contributed by atoms with Gasteiger partial charge in [-0.25, -0.2) is 5.43 Å². The molecule has 12 heteroatoms. The number of nitrogens with one attached hydrogen (secondary N) is 2. The number of nitrogens with zero attached hydrogens (tertiary/aromatic N) is 3. The number of aliphatic hydroxyl groups is 1. The number of non-ortho nitro benzene ring substituents is 1. The minimum atomic E-state index is -1.60. The van der Waals surface area contributed by atoms with Crippen molar-refractivity contribution in [2.45, 2.75) is 5.60 Å². The van der Waals surface area contributed by atoms with Crippen molar-refractivity contribution in [2.24, 2.45) is 0 Å². The van der Waals surface area contributed by atoms with E-state index in [0.717, 1.165) is 0 Å². The summed E-state index contributed by atoms with van der Waals surface area (Å²) in [6, 6.07) is 18.4. The number of hydrazine groups is 1. The maximum absolute atomic E-state index is 11.4. The van der Waals surface area contributed by atoms with Crippen LogP contribution in [-0.2, 0) is 5.60 Å². The fraction of sp³-hybridized carbons (Fsp3) is 0.100. The Labute approximate surface area is 180 Å². The van der Waals surface area contributed by atoms with Crippen molar-refractivity contribution in [1.82, 2.24) is 5.43 Å². The summed E-state index contributed by atoms with van der Waals surface area (Å²) in [5, 5.41) is 45.3. The molecule has 0 saturated heterocycles. The van der Waals surface area contributed by atoms with Gasteiger partial charge in [0.15, 0.2) is 0 Å². The van der Waals surface area contributed by atoms with Gasteiger partial charge in [0, 0.05) is 0 Å². The van der Waals surface area contributed by atoms with E-state index in [0.29, 0.717) is 23.3 Å². The highest BCUT2D eigenvalue weighted by Crippen LogP contribution is 2.38. The van der Waals surface area contributed by atoms with Crippen LogP contribution in [0.5, 0.6) is 0 Å². The standard InChI is InChI=1S/C20H17N5O7/c26-20(14-7-3-1-4-8-14,15-9-5-2-6-10-15)13-21-22-19-17(24(29)30)11-16(23(27)28)12-18(19)25(31)32/h1-12,21-22,26H,13H2. The largest absolute Gasteiger partial charge is 0.379 e. The van der Waals surface area contributed by atoms with Crippen molar-refractivity contribution in [3.8, 4) is 0 Å². The molecule has 0 spiro atoms. The molecule has 3 aromatic rings. The van der Waals surface area contributed by atoms with E-state index in [1.54, 1.807) is 60.7 Å². The van der Waals surface area contributed by atoms with Gasteiger partial charge in [-0.15, -0.1) is 0 Å². The first-order chi connectivity index (χ1) is 15.2. The fourth-order valence-corrected chi connectivity index (χ4v) is 3.18. The molecule has 3 rings (SSSR count). The summed E-state index contributed by atoms with van der Waals surface area (Å²) in [7, 11) is 0. The molecule has 0 aliphatic carbocycles. The zero-order valence-corrected chi connectivity index (χ0v) is 16.4. The van der Waals surface area contributed by atoms with Crippen LogP contribution in [0.2, 0.25) is 0 Å². The summed E-state index contributed by atoms with van der Waals surface area (Å²) in [5.74, 6) is 0. The molecule has 0 unspecified atom stereocenters. The molecule has 3 N–H and O–H groups in total. The van der Waals surface area contributed by atoms with Crippen LogP contribution in [0.4, 0.5) is 22.7 Å². The lowest BCUT2D eigenvalue weighted by molar-refractivity contribution is -0.401. The first kappa shape index (κ1) is 22.3. The molecule has 0 fully saturated rings. The topological polar surface area (TPSA) is 174 Å². The van der Waals surface area contributed by atoms with E-state index in [-0.39, 0.29) is 6.54 Å². The normalized spacial score (nSPS) is 11.0. The van der Waals surface area contributed by atoms with Crippen molar-refractivity contribution < 1.29 is 19.9 Å². The predicted octanol–water partition coefficient (Wildman–Crippen LogP) is 3.26. The highest BCUT2D eigenvalue weighted by molar-refractivity contribution is 5.76. The summed E-state index contributed by atoms with van der Waals surface area (Å²) in [6.45, 7) is -0.244. The third-order valence-electron chi connectivity index (χ3n) is 4.75. The van der Waals surface area contributed by atoms with Gasteiger partial charge < -0.3 is 10.5 Å². The lowest BCUT2D eigenvalue weighted by atomic mass is 9.86. The van der Waals surface area contributed by atoms with E-state index in [4.69, 9.17) is 0 Å². The molecular weight excluding hydrogens is 422 g/mol. The third-order valence-corrected chi connectivity index (χ3v) is 4.75. The number of nitro benzene ring substituents is 3. The minimum absolute atomic E-state index is 0.244. The van der Waals surface area contributed by atoms with Gasteiger partial charge in [-0.1, -0.05) is 60.7 Å². The Kier molecular flexibility index (Phi) is 6.37. The van der Waals surface area contributed by atoms with Crippen LogP contribution in [0.25, 0.3) is 0 Å². The smallest absolute Gasteiger partial charge is 0.307 e. The van der Waals surface area contributed by atoms with Gasteiger partial charge in [0.1, 0.15) is 5.60 Å². The third kappa shape index (κ3) is 4.50. The van der Waals surface area contributed by atoms with Gasteiger partial charge >= 0.3 is 11.4 Å². The number of anilines is 1. The maximum atomic E-state index is 11.4. The van der Waals surface area contributed by atoms with Crippen LogP contribution in [0, 0.1) is 30.3 Å². The molecule has 0 atom stereocenters. The molecule has 3 aromatic carbocycles. The average molecular weight is 439 g/mol. The predicted molar refractivity (Wildman–Crippen MR) is 114 cm³/mol. The van der Waals surface area contributed by atoms with Crippen LogP contribution < -0.4 is 10.9 Å². The van der Waals surface area contributed by atoms with E-state index < -0.39 is 43.1 Å². The highest BCUT2D eigenvalue weighted by atomic mass is 16.6. The second kappa shape index (κ2) is 9.16. The van der Waals surface area contributed by atoms with Crippen molar-refractivity contribution in [1.29, 1.82) is 0 Å². The van der Waals surface area contributed by atoms with Crippen LogP contribution in [0.3, 0.4) is 0 Å². The summed E-state index contributed by atoms with van der Waals surface area (Å²) in [6.07, 6.45) is 0. The SMILES string of the molecule is O=[N+]([O-])c1cc([N+](=O)[O-])c(NNCC(O)(c2ccccc2)c2ccccc2)c([N+](=O)[O-])c1. The Bertz CT molecular complexity index is 1080. The van der Waals surface area contributed by atoms with Gasteiger partial charge in [0.05, 0.1) is 33.4 Å². The number of rotatable bonds is 9. The second-order valence-corrected chi connectivity index (χ2v) is 6.70. The molecule has 0 aliphatic rings. The first-order valence-electron chi connectivity index (χ1n) is 9.17. The van der Waals surface area contributed by atoms with Crippen molar-refractivity contribution in [2.75, 3.05) is 12.0 Å². The number of nitro groups is 3. The second-order valence-electron chi connectivity index (χ2n) is 6.70. The van der Waals surface area contributed by atoms with E-state index >= 15 is 0 Å². The molecule has 0 aliphatic heterocycles. The summed E-state index contributed by atoms with van der Waals surface area (Å²) in [4.78, 5) is 31.0. The van der Waals surface area contributed by atoms with E-state index in [1.807, 2.05) is 0 Å². The van der Waals surface area contributed by atoms with Crippen molar-refractivity contribution >= 4 is 22.7 Å². The molecule has 0 heterocycles. The van der Waals surface area contributed by atoms with Crippen LogP contribution >= 0.6 is 0 Å². The fourth-order valence-electron chi connectivity index (χ4n) is 3.18. The van der Waals surface area contributed by atoms with Crippen LogP contribution in [-0.4, -0.2) is 26.4 Å². The first-order valence-corrected chi connectivity index (χ1v) is 9.17. The molecule has 0 amide bonds. The molecule has 0 aromatic heterocycles. The zero-order valence-electron chi connectivity index (χ0n) is 16.4. The Hall–Kier alpha value is -4.42. The lowest BCUT2D eigenvalue weighted by Crippen LogP contribution is -2.41. The molecule has 0 radical (unpaired) electrons. The molecular formula is C20H17N5O7. The molecule has 164 valence electrons. The van der Waals surface area contributed by atoms with Gasteiger partial charge in [-0.3, -0.25) is 30.3 Å². The number of hydrogen-bond acceptors (Lipinski definition) is 9. The van der Waals surface area contributed by atoms with Crippen LogP contribution in [0.15, 0.2) is 72.8 Å². The Morgan fingerprint density at radius 1 is 0.750 bits per heavy atom. The maximum Gasteiger partial charge on any atom is 0.307 e. The Balaban J connectivity index is 1.97. The van der Waals surface area contributed by atoms with Crippen molar-refractivity contribution in [3.05, 3.63) is 114 Å². The molecule has 32 heavy (non-hydrogen) atoms. The quantitative estimate of drug-likeness (QED) is 0.334. The van der Waals surface area contributed by atoms with Crippen molar-refractivity contribution in [3.63, 3.8) is 0 Å². The number of hydrogen-bond donors (Lipinski definition) is 3. The molecule has 0 bridgehead atoms. The minimum Gasteiger partial charge on any atom is -0.379 e. The van der Waals surface area contributed by atoms with Gasteiger partial charge in [-0.2, -0.15) is 0 Å². The van der Waals surface area contributed by atoms with Gasteiger partial charge in [0.25, 0.3) is 5.69 Å². The Morgan fingerprint density at radius 2 is 1.19 bits per heavy atom. The molecule has 12 nitrogen and oxygen atoms in total. The highest BCUT2D eigenvalue weighted by Gasteiger charge is 2.34. The van der Waals surface area contributed by atoms with Gasteiger partial charge in [-0.05, 0) is 11.1 Å².